The quantitative estimate of drug-likeness (QED) is 0.697. The fraction of sp³-hybridized carbons (Fsp3) is 0.167. The Morgan fingerprint density at radius 1 is 1.05 bits per heavy atom. The van der Waals surface area contributed by atoms with Crippen molar-refractivity contribution in [3.05, 3.63) is 71.5 Å². The first-order chi connectivity index (χ1) is 9.72. The summed E-state index contributed by atoms with van der Waals surface area (Å²) in [6, 6.07) is 14.6. The summed E-state index contributed by atoms with van der Waals surface area (Å²) in [5.41, 5.74) is 3.65. The number of nitrogens with zero attached hydrogens (tertiary/aromatic N) is 1. The maximum atomic E-state index is 5.85. The number of hydrogen-bond donors (Lipinski definition) is 0. The molecular formula is C18H17NO. The van der Waals surface area contributed by atoms with E-state index in [0.29, 0.717) is 6.61 Å². The lowest BCUT2D eigenvalue weighted by atomic mass is 10.0. The van der Waals surface area contributed by atoms with Crippen LogP contribution in [0.3, 0.4) is 0 Å². The van der Waals surface area contributed by atoms with Crippen LogP contribution in [0.25, 0.3) is 10.8 Å². The van der Waals surface area contributed by atoms with Crippen molar-refractivity contribution in [2.24, 2.45) is 0 Å². The summed E-state index contributed by atoms with van der Waals surface area (Å²) in [5.74, 6) is 0.897. The van der Waals surface area contributed by atoms with E-state index in [9.17, 15) is 0 Å². The molecule has 0 aliphatic carbocycles. The van der Waals surface area contributed by atoms with Gasteiger partial charge in [0.15, 0.2) is 0 Å². The number of hydrogen-bond acceptors (Lipinski definition) is 2. The van der Waals surface area contributed by atoms with Gasteiger partial charge in [-0.15, -0.1) is 0 Å². The molecule has 3 aromatic rings. The molecule has 3 rings (SSSR count). The van der Waals surface area contributed by atoms with Crippen molar-refractivity contribution in [1.82, 2.24) is 4.98 Å². The van der Waals surface area contributed by atoms with Gasteiger partial charge in [-0.05, 0) is 48.4 Å². The van der Waals surface area contributed by atoms with Crippen LogP contribution in [0.5, 0.6) is 5.75 Å². The zero-order valence-electron chi connectivity index (χ0n) is 11.8. The molecule has 0 aliphatic rings. The maximum Gasteiger partial charge on any atom is 0.120 e. The van der Waals surface area contributed by atoms with Gasteiger partial charge in [0.2, 0.25) is 0 Å². The molecular weight excluding hydrogens is 246 g/mol. The first-order valence-corrected chi connectivity index (χ1v) is 6.75. The molecule has 100 valence electrons. The van der Waals surface area contributed by atoms with Crippen LogP contribution in [-0.2, 0) is 6.61 Å². The zero-order valence-corrected chi connectivity index (χ0v) is 11.8. The van der Waals surface area contributed by atoms with E-state index in [2.05, 4.69) is 43.1 Å². The highest BCUT2D eigenvalue weighted by atomic mass is 16.5. The van der Waals surface area contributed by atoms with Crippen LogP contribution in [0.15, 0.2) is 54.9 Å². The zero-order chi connectivity index (χ0) is 13.9. The average molecular weight is 263 g/mol. The van der Waals surface area contributed by atoms with Gasteiger partial charge in [-0.25, -0.2) is 0 Å². The van der Waals surface area contributed by atoms with Crippen LogP contribution in [0.4, 0.5) is 0 Å². The summed E-state index contributed by atoms with van der Waals surface area (Å²) in [7, 11) is 0. The Hall–Kier alpha value is -2.35. The van der Waals surface area contributed by atoms with Gasteiger partial charge >= 0.3 is 0 Å². The standard InChI is InChI=1S/C18H17NO/c1-13-8-14(2)18-10-17(6-5-16(18)9-13)20-12-15-4-3-7-19-11-15/h3-11H,12H2,1-2H3. The number of benzene rings is 2. The Morgan fingerprint density at radius 2 is 1.95 bits per heavy atom. The number of aryl methyl sites for hydroxylation is 2. The molecule has 0 bridgehead atoms. The first kappa shape index (κ1) is 12.7. The predicted molar refractivity (Wildman–Crippen MR) is 82.0 cm³/mol. The molecule has 0 aliphatic heterocycles. The molecule has 0 fully saturated rings. The minimum atomic E-state index is 0.546. The Kier molecular flexibility index (Phi) is 3.38. The third-order valence-corrected chi connectivity index (χ3v) is 3.41. The molecule has 1 aromatic heterocycles. The average Bonchev–Trinajstić information content (AvgIpc) is 2.46. The Labute approximate surface area is 119 Å². The normalized spacial score (nSPS) is 10.7. The van der Waals surface area contributed by atoms with Gasteiger partial charge in [0.25, 0.3) is 0 Å². The van der Waals surface area contributed by atoms with E-state index in [4.69, 9.17) is 4.74 Å². The molecule has 0 radical (unpaired) electrons. The summed E-state index contributed by atoms with van der Waals surface area (Å²) in [6.45, 7) is 4.81. The summed E-state index contributed by atoms with van der Waals surface area (Å²) >= 11 is 0. The molecule has 2 nitrogen and oxygen atoms in total. The lowest BCUT2D eigenvalue weighted by molar-refractivity contribution is 0.306. The lowest BCUT2D eigenvalue weighted by Crippen LogP contribution is -1.95. The van der Waals surface area contributed by atoms with E-state index < -0.39 is 0 Å². The summed E-state index contributed by atoms with van der Waals surface area (Å²) in [5, 5.41) is 2.51. The second kappa shape index (κ2) is 5.33. The van der Waals surface area contributed by atoms with Gasteiger partial charge in [0.05, 0.1) is 0 Å². The van der Waals surface area contributed by atoms with Gasteiger partial charge in [-0.2, -0.15) is 0 Å². The smallest absolute Gasteiger partial charge is 0.120 e. The predicted octanol–water partition coefficient (Wildman–Crippen LogP) is 4.43. The van der Waals surface area contributed by atoms with Crippen LogP contribution >= 0.6 is 0 Å². The third-order valence-electron chi connectivity index (χ3n) is 3.41. The second-order valence-electron chi connectivity index (χ2n) is 5.11. The second-order valence-corrected chi connectivity index (χ2v) is 5.11. The highest BCUT2D eigenvalue weighted by molar-refractivity contribution is 5.87. The summed E-state index contributed by atoms with van der Waals surface area (Å²) in [4.78, 5) is 4.09. The molecule has 2 aromatic carbocycles. The van der Waals surface area contributed by atoms with Gasteiger partial charge < -0.3 is 4.74 Å². The van der Waals surface area contributed by atoms with Gasteiger partial charge in [-0.3, -0.25) is 4.98 Å². The molecule has 0 atom stereocenters. The van der Waals surface area contributed by atoms with E-state index >= 15 is 0 Å². The monoisotopic (exact) mass is 263 g/mol. The highest BCUT2D eigenvalue weighted by Crippen LogP contribution is 2.25. The van der Waals surface area contributed by atoms with Crippen molar-refractivity contribution in [2.75, 3.05) is 0 Å². The first-order valence-electron chi connectivity index (χ1n) is 6.75. The Morgan fingerprint density at radius 3 is 2.75 bits per heavy atom. The van der Waals surface area contributed by atoms with Crippen molar-refractivity contribution in [3.63, 3.8) is 0 Å². The molecule has 2 heteroatoms. The fourth-order valence-electron chi connectivity index (χ4n) is 2.45. The van der Waals surface area contributed by atoms with Crippen LogP contribution in [0.2, 0.25) is 0 Å². The van der Waals surface area contributed by atoms with Crippen molar-refractivity contribution in [1.29, 1.82) is 0 Å². The molecule has 1 heterocycles. The lowest BCUT2D eigenvalue weighted by Gasteiger charge is -2.09. The van der Waals surface area contributed by atoms with Crippen LogP contribution in [0, 0.1) is 13.8 Å². The van der Waals surface area contributed by atoms with Gasteiger partial charge in [0, 0.05) is 18.0 Å². The number of pyridine rings is 1. The minimum absolute atomic E-state index is 0.546. The maximum absolute atomic E-state index is 5.85. The van der Waals surface area contributed by atoms with Crippen LogP contribution in [0.1, 0.15) is 16.7 Å². The molecule has 0 saturated carbocycles. The molecule has 0 unspecified atom stereocenters. The van der Waals surface area contributed by atoms with Crippen molar-refractivity contribution >= 4 is 10.8 Å². The number of rotatable bonds is 3. The van der Waals surface area contributed by atoms with Gasteiger partial charge in [-0.1, -0.05) is 29.8 Å². The van der Waals surface area contributed by atoms with Crippen molar-refractivity contribution in [3.8, 4) is 5.75 Å². The largest absolute Gasteiger partial charge is 0.489 e. The van der Waals surface area contributed by atoms with Crippen LogP contribution in [-0.4, -0.2) is 4.98 Å². The van der Waals surface area contributed by atoms with Gasteiger partial charge in [0.1, 0.15) is 12.4 Å². The number of aromatic nitrogens is 1. The molecule has 0 amide bonds. The molecule has 0 spiro atoms. The number of fused-ring (bicyclic) bond motifs is 1. The van der Waals surface area contributed by atoms with E-state index in [1.54, 1.807) is 6.20 Å². The molecule has 0 saturated heterocycles. The Bertz CT molecular complexity index is 735. The van der Waals surface area contributed by atoms with Crippen molar-refractivity contribution in [2.45, 2.75) is 20.5 Å². The summed E-state index contributed by atoms with van der Waals surface area (Å²) < 4.78 is 5.85. The third kappa shape index (κ3) is 2.64. The molecule has 20 heavy (non-hydrogen) atoms. The minimum Gasteiger partial charge on any atom is -0.489 e. The number of ether oxygens (including phenoxy) is 1. The van der Waals surface area contributed by atoms with Crippen molar-refractivity contribution < 1.29 is 4.74 Å². The van der Waals surface area contributed by atoms with E-state index in [-0.39, 0.29) is 0 Å². The highest BCUT2D eigenvalue weighted by Gasteiger charge is 2.02. The Balaban J connectivity index is 1.86. The van der Waals surface area contributed by atoms with E-state index in [1.807, 2.05) is 24.4 Å². The molecule has 0 N–H and O–H groups in total. The fourth-order valence-corrected chi connectivity index (χ4v) is 2.45. The summed E-state index contributed by atoms with van der Waals surface area (Å²) in [6.07, 6.45) is 3.60. The van der Waals surface area contributed by atoms with E-state index in [1.165, 1.54) is 21.9 Å². The van der Waals surface area contributed by atoms with Crippen LogP contribution < -0.4 is 4.74 Å². The van der Waals surface area contributed by atoms with E-state index in [0.717, 1.165) is 11.3 Å². The topological polar surface area (TPSA) is 22.1 Å². The SMILES string of the molecule is Cc1cc(C)c2cc(OCc3cccnc3)ccc2c1.